The SMILES string of the molecule is CCN1CCCC(CN2CCC(=O)NCC2C(F)(F)F)C1. The Morgan fingerprint density at radius 3 is 2.76 bits per heavy atom. The van der Waals surface area contributed by atoms with Crippen LogP contribution >= 0.6 is 0 Å². The first kappa shape index (κ1) is 16.5. The van der Waals surface area contributed by atoms with Gasteiger partial charge in [-0.2, -0.15) is 13.2 Å². The molecule has 1 amide bonds. The number of halogens is 3. The zero-order chi connectivity index (χ0) is 15.5. The van der Waals surface area contributed by atoms with Crippen molar-refractivity contribution >= 4 is 5.91 Å². The molecule has 1 N–H and O–H groups in total. The minimum atomic E-state index is -4.29. The van der Waals surface area contributed by atoms with E-state index < -0.39 is 12.2 Å². The second kappa shape index (κ2) is 6.96. The molecule has 0 saturated carbocycles. The third kappa shape index (κ3) is 4.57. The van der Waals surface area contributed by atoms with Gasteiger partial charge >= 0.3 is 6.18 Å². The number of carbonyl (C=O) groups excluding carboxylic acids is 1. The highest BCUT2D eigenvalue weighted by Crippen LogP contribution is 2.28. The second-order valence-corrected chi connectivity index (χ2v) is 6.01. The van der Waals surface area contributed by atoms with Crippen molar-refractivity contribution in [2.24, 2.45) is 5.92 Å². The maximum Gasteiger partial charge on any atom is 0.405 e. The van der Waals surface area contributed by atoms with E-state index in [9.17, 15) is 18.0 Å². The molecule has 0 radical (unpaired) electrons. The minimum absolute atomic E-state index is 0.150. The molecule has 2 aliphatic heterocycles. The number of hydrogen-bond acceptors (Lipinski definition) is 3. The lowest BCUT2D eigenvalue weighted by atomic mass is 9.96. The Morgan fingerprint density at radius 2 is 2.10 bits per heavy atom. The fourth-order valence-electron chi connectivity index (χ4n) is 3.29. The van der Waals surface area contributed by atoms with Gasteiger partial charge in [-0.15, -0.1) is 0 Å². The van der Waals surface area contributed by atoms with E-state index in [1.807, 2.05) is 0 Å². The van der Waals surface area contributed by atoms with Gasteiger partial charge in [-0.1, -0.05) is 6.92 Å². The van der Waals surface area contributed by atoms with Gasteiger partial charge in [0.15, 0.2) is 0 Å². The number of hydrogen-bond donors (Lipinski definition) is 1. The zero-order valence-electron chi connectivity index (χ0n) is 12.5. The van der Waals surface area contributed by atoms with Gasteiger partial charge in [0.1, 0.15) is 6.04 Å². The fraction of sp³-hybridized carbons (Fsp3) is 0.929. The molecule has 2 heterocycles. The monoisotopic (exact) mass is 307 g/mol. The molecule has 2 aliphatic rings. The van der Waals surface area contributed by atoms with Crippen LogP contribution < -0.4 is 5.32 Å². The molecule has 0 spiro atoms. The molecule has 0 bridgehead atoms. The van der Waals surface area contributed by atoms with E-state index in [0.717, 1.165) is 32.5 Å². The highest BCUT2D eigenvalue weighted by molar-refractivity contribution is 5.76. The van der Waals surface area contributed by atoms with Crippen molar-refractivity contribution in [2.75, 3.05) is 39.3 Å². The maximum atomic E-state index is 13.2. The lowest BCUT2D eigenvalue weighted by molar-refractivity contribution is -0.182. The number of nitrogens with zero attached hydrogens (tertiary/aromatic N) is 2. The van der Waals surface area contributed by atoms with Crippen molar-refractivity contribution in [1.29, 1.82) is 0 Å². The van der Waals surface area contributed by atoms with Crippen LogP contribution in [-0.4, -0.2) is 67.2 Å². The van der Waals surface area contributed by atoms with Gasteiger partial charge in [0, 0.05) is 32.6 Å². The van der Waals surface area contributed by atoms with E-state index in [4.69, 9.17) is 0 Å². The van der Waals surface area contributed by atoms with Crippen LogP contribution in [0, 0.1) is 5.92 Å². The average Bonchev–Trinajstić information content (AvgIpc) is 2.61. The number of likely N-dealkylation sites (tertiary alicyclic amines) is 1. The number of piperidine rings is 1. The van der Waals surface area contributed by atoms with E-state index in [1.54, 1.807) is 0 Å². The van der Waals surface area contributed by atoms with Crippen molar-refractivity contribution in [1.82, 2.24) is 15.1 Å². The van der Waals surface area contributed by atoms with Crippen LogP contribution in [0.2, 0.25) is 0 Å². The van der Waals surface area contributed by atoms with Crippen molar-refractivity contribution in [2.45, 2.75) is 38.4 Å². The predicted molar refractivity (Wildman–Crippen MR) is 73.9 cm³/mol. The van der Waals surface area contributed by atoms with Crippen LogP contribution in [0.5, 0.6) is 0 Å². The lowest BCUT2D eigenvalue weighted by Crippen LogP contribution is -2.52. The molecule has 2 fully saturated rings. The lowest BCUT2D eigenvalue weighted by Gasteiger charge is -2.37. The maximum absolute atomic E-state index is 13.2. The summed E-state index contributed by atoms with van der Waals surface area (Å²) in [5.41, 5.74) is 0. The van der Waals surface area contributed by atoms with E-state index >= 15 is 0 Å². The van der Waals surface area contributed by atoms with Crippen LogP contribution in [0.3, 0.4) is 0 Å². The van der Waals surface area contributed by atoms with Gasteiger partial charge in [-0.05, 0) is 31.8 Å². The highest BCUT2D eigenvalue weighted by atomic mass is 19.4. The summed E-state index contributed by atoms with van der Waals surface area (Å²) in [6.45, 7) is 5.21. The highest BCUT2D eigenvalue weighted by Gasteiger charge is 2.45. The topological polar surface area (TPSA) is 35.6 Å². The summed E-state index contributed by atoms with van der Waals surface area (Å²) in [4.78, 5) is 15.1. The molecule has 0 aromatic heterocycles. The van der Waals surface area contributed by atoms with Crippen LogP contribution in [-0.2, 0) is 4.79 Å². The quantitative estimate of drug-likeness (QED) is 0.858. The number of carbonyl (C=O) groups is 1. The van der Waals surface area contributed by atoms with Crippen LogP contribution in [0.15, 0.2) is 0 Å². The summed E-state index contributed by atoms with van der Waals surface area (Å²) < 4.78 is 39.6. The van der Waals surface area contributed by atoms with Crippen LogP contribution in [0.4, 0.5) is 13.2 Å². The first-order chi connectivity index (χ1) is 9.90. The summed E-state index contributed by atoms with van der Waals surface area (Å²) in [5.74, 6) is -0.0256. The molecule has 2 unspecified atom stereocenters. The Kier molecular flexibility index (Phi) is 5.48. The minimum Gasteiger partial charge on any atom is -0.354 e. The normalized spacial score (nSPS) is 30.0. The van der Waals surface area contributed by atoms with Gasteiger partial charge in [0.2, 0.25) is 5.91 Å². The van der Waals surface area contributed by atoms with E-state index in [2.05, 4.69) is 17.1 Å². The van der Waals surface area contributed by atoms with Crippen molar-refractivity contribution in [3.8, 4) is 0 Å². The number of alkyl halides is 3. The first-order valence-electron chi connectivity index (χ1n) is 7.70. The molecular formula is C14H24F3N3O. The molecule has 2 rings (SSSR count). The molecule has 2 saturated heterocycles. The summed E-state index contributed by atoms with van der Waals surface area (Å²) >= 11 is 0. The Bertz CT molecular complexity index is 362. The second-order valence-electron chi connectivity index (χ2n) is 6.01. The number of nitrogens with one attached hydrogen (secondary N) is 1. The molecule has 122 valence electrons. The van der Waals surface area contributed by atoms with Gasteiger partial charge in [0.05, 0.1) is 0 Å². The van der Waals surface area contributed by atoms with E-state index in [0.29, 0.717) is 6.54 Å². The molecule has 21 heavy (non-hydrogen) atoms. The standard InChI is InChI=1S/C14H24F3N3O/c1-2-19-6-3-4-11(9-19)10-20-7-5-13(21)18-8-12(20)14(15,16)17/h11-12H,2-10H2,1H3,(H,18,21). The first-order valence-corrected chi connectivity index (χ1v) is 7.70. The molecule has 4 nitrogen and oxygen atoms in total. The molecule has 7 heteroatoms. The Hall–Kier alpha value is -0.820. The third-order valence-corrected chi connectivity index (χ3v) is 4.48. The summed E-state index contributed by atoms with van der Waals surface area (Å²) in [7, 11) is 0. The van der Waals surface area contributed by atoms with Gasteiger partial charge in [0.25, 0.3) is 0 Å². The predicted octanol–water partition coefficient (Wildman–Crippen LogP) is 1.47. The molecular weight excluding hydrogens is 283 g/mol. The molecule has 2 atom stereocenters. The van der Waals surface area contributed by atoms with E-state index in [-0.39, 0.29) is 31.3 Å². The van der Waals surface area contributed by atoms with Crippen molar-refractivity contribution < 1.29 is 18.0 Å². The van der Waals surface area contributed by atoms with Crippen molar-refractivity contribution in [3.63, 3.8) is 0 Å². The summed E-state index contributed by atoms with van der Waals surface area (Å²) in [6, 6.07) is -1.55. The Morgan fingerprint density at radius 1 is 1.33 bits per heavy atom. The van der Waals surface area contributed by atoms with E-state index in [1.165, 1.54) is 4.90 Å². The Balaban J connectivity index is 2.01. The third-order valence-electron chi connectivity index (χ3n) is 4.48. The molecule has 0 aromatic carbocycles. The zero-order valence-corrected chi connectivity index (χ0v) is 12.5. The van der Waals surface area contributed by atoms with Crippen LogP contribution in [0.25, 0.3) is 0 Å². The van der Waals surface area contributed by atoms with Gasteiger partial charge in [-0.3, -0.25) is 9.69 Å². The largest absolute Gasteiger partial charge is 0.405 e. The van der Waals surface area contributed by atoms with Crippen molar-refractivity contribution in [3.05, 3.63) is 0 Å². The summed E-state index contributed by atoms with van der Waals surface area (Å²) in [6.07, 6.45) is -2.13. The van der Waals surface area contributed by atoms with Gasteiger partial charge < -0.3 is 10.2 Å². The smallest absolute Gasteiger partial charge is 0.354 e. The molecule has 0 aromatic rings. The Labute approximate surface area is 123 Å². The number of rotatable bonds is 3. The summed E-state index contributed by atoms with van der Waals surface area (Å²) in [5, 5.41) is 2.38. The molecule has 0 aliphatic carbocycles. The number of amides is 1. The average molecular weight is 307 g/mol. The van der Waals surface area contributed by atoms with Gasteiger partial charge in [-0.25, -0.2) is 0 Å². The fourth-order valence-corrected chi connectivity index (χ4v) is 3.29. The van der Waals surface area contributed by atoms with Crippen LogP contribution in [0.1, 0.15) is 26.2 Å².